The molecule has 1 aromatic rings. The van der Waals surface area contributed by atoms with Gasteiger partial charge in [0.1, 0.15) is 0 Å². The Morgan fingerprint density at radius 3 is 2.74 bits per heavy atom. The Morgan fingerprint density at radius 2 is 2.00 bits per heavy atom. The number of hydrogen-bond acceptors (Lipinski definition) is 2. The zero-order valence-corrected chi connectivity index (χ0v) is 12.0. The Balaban J connectivity index is 1.83. The number of nitrogens with one attached hydrogen (secondary N) is 2. The van der Waals surface area contributed by atoms with Gasteiger partial charge in [0.2, 0.25) is 5.91 Å². The molecule has 0 spiro atoms. The van der Waals surface area contributed by atoms with Gasteiger partial charge in [-0.2, -0.15) is 0 Å². The van der Waals surface area contributed by atoms with Crippen molar-refractivity contribution in [1.82, 2.24) is 10.6 Å². The molecule has 1 heterocycles. The fourth-order valence-electron chi connectivity index (χ4n) is 2.57. The van der Waals surface area contributed by atoms with Gasteiger partial charge in [-0.3, -0.25) is 4.79 Å². The predicted octanol–water partition coefficient (Wildman–Crippen LogP) is 2.73. The van der Waals surface area contributed by atoms with Crippen LogP contribution in [0.15, 0.2) is 18.2 Å². The van der Waals surface area contributed by atoms with Crippen LogP contribution < -0.4 is 10.6 Å². The van der Waals surface area contributed by atoms with Crippen molar-refractivity contribution in [2.24, 2.45) is 5.92 Å². The van der Waals surface area contributed by atoms with Crippen molar-refractivity contribution in [2.75, 3.05) is 0 Å². The second kappa shape index (κ2) is 6.71. The van der Waals surface area contributed by atoms with Gasteiger partial charge in [-0.1, -0.05) is 44.9 Å². The van der Waals surface area contributed by atoms with Crippen LogP contribution in [0.4, 0.5) is 0 Å². The fraction of sp³-hybridized carbons (Fsp3) is 0.562. The summed E-state index contributed by atoms with van der Waals surface area (Å²) in [6.45, 7) is 6.86. The molecule has 0 saturated carbocycles. The Kier molecular flexibility index (Phi) is 4.97. The van der Waals surface area contributed by atoms with E-state index in [1.54, 1.807) is 0 Å². The van der Waals surface area contributed by atoms with Crippen molar-refractivity contribution in [3.63, 3.8) is 0 Å². The summed E-state index contributed by atoms with van der Waals surface area (Å²) in [5.74, 6) is 0.691. The summed E-state index contributed by atoms with van der Waals surface area (Å²) in [5, 5.41) is 6.36. The second-order valence-corrected chi connectivity index (χ2v) is 5.37. The van der Waals surface area contributed by atoms with E-state index in [0.29, 0.717) is 18.9 Å². The van der Waals surface area contributed by atoms with Gasteiger partial charge < -0.3 is 10.6 Å². The lowest BCUT2D eigenvalue weighted by Gasteiger charge is -2.12. The number of amides is 1. The average molecular weight is 260 g/mol. The highest BCUT2D eigenvalue weighted by Gasteiger charge is 2.12. The molecule has 104 valence electrons. The molecule has 1 aliphatic heterocycles. The Hall–Kier alpha value is -1.35. The van der Waals surface area contributed by atoms with Gasteiger partial charge in [0.15, 0.2) is 0 Å². The summed E-state index contributed by atoms with van der Waals surface area (Å²) in [7, 11) is 0. The summed E-state index contributed by atoms with van der Waals surface area (Å²) in [4.78, 5) is 11.9. The van der Waals surface area contributed by atoms with Gasteiger partial charge in [-0.15, -0.1) is 0 Å². The molecule has 3 heteroatoms. The van der Waals surface area contributed by atoms with Gasteiger partial charge in [0.05, 0.1) is 0 Å². The highest BCUT2D eigenvalue weighted by molar-refractivity contribution is 5.76. The van der Waals surface area contributed by atoms with E-state index in [4.69, 9.17) is 0 Å². The van der Waals surface area contributed by atoms with Crippen molar-refractivity contribution in [2.45, 2.75) is 52.7 Å². The molecular formula is C16H24N2O. The van der Waals surface area contributed by atoms with Crippen molar-refractivity contribution in [3.8, 4) is 0 Å². The van der Waals surface area contributed by atoms with E-state index in [9.17, 15) is 4.79 Å². The quantitative estimate of drug-likeness (QED) is 0.825. The van der Waals surface area contributed by atoms with Crippen LogP contribution in [0.2, 0.25) is 0 Å². The van der Waals surface area contributed by atoms with Gasteiger partial charge in [-0.25, -0.2) is 0 Å². The van der Waals surface area contributed by atoms with Crippen LogP contribution in [-0.4, -0.2) is 5.91 Å². The molecule has 0 bridgehead atoms. The topological polar surface area (TPSA) is 41.1 Å². The Bertz CT molecular complexity index is 438. The lowest BCUT2D eigenvalue weighted by Crippen LogP contribution is -2.24. The molecule has 2 rings (SSSR count). The number of rotatable bonds is 6. The van der Waals surface area contributed by atoms with E-state index in [2.05, 4.69) is 42.7 Å². The third-order valence-corrected chi connectivity index (χ3v) is 4.02. The third-order valence-electron chi connectivity index (χ3n) is 4.02. The minimum Gasteiger partial charge on any atom is -0.352 e. The second-order valence-electron chi connectivity index (χ2n) is 5.37. The maximum absolute atomic E-state index is 11.9. The van der Waals surface area contributed by atoms with E-state index >= 15 is 0 Å². The molecule has 0 atom stereocenters. The third kappa shape index (κ3) is 3.80. The molecule has 0 aliphatic carbocycles. The van der Waals surface area contributed by atoms with Crippen molar-refractivity contribution in [3.05, 3.63) is 34.9 Å². The summed E-state index contributed by atoms with van der Waals surface area (Å²) >= 11 is 0. The maximum atomic E-state index is 11.9. The smallest absolute Gasteiger partial charge is 0.220 e. The fourth-order valence-corrected chi connectivity index (χ4v) is 2.57. The summed E-state index contributed by atoms with van der Waals surface area (Å²) in [6.07, 6.45) is 2.81. The van der Waals surface area contributed by atoms with Gasteiger partial charge in [-0.05, 0) is 22.6 Å². The molecule has 0 fully saturated rings. The summed E-state index contributed by atoms with van der Waals surface area (Å²) in [6, 6.07) is 6.48. The van der Waals surface area contributed by atoms with Gasteiger partial charge >= 0.3 is 0 Å². The van der Waals surface area contributed by atoms with Crippen LogP contribution in [-0.2, 0) is 24.4 Å². The van der Waals surface area contributed by atoms with E-state index < -0.39 is 0 Å². The zero-order valence-electron chi connectivity index (χ0n) is 12.0. The Labute approximate surface area is 115 Å². The maximum Gasteiger partial charge on any atom is 0.220 e. The van der Waals surface area contributed by atoms with E-state index in [1.807, 2.05) is 0 Å². The normalized spacial score (nSPS) is 13.6. The molecule has 2 N–H and O–H groups in total. The lowest BCUT2D eigenvalue weighted by molar-refractivity contribution is -0.122. The molecule has 1 amide bonds. The molecule has 0 radical (unpaired) electrons. The molecule has 3 nitrogen and oxygen atoms in total. The van der Waals surface area contributed by atoms with Crippen LogP contribution in [0.5, 0.6) is 0 Å². The van der Waals surface area contributed by atoms with Crippen LogP contribution in [0.3, 0.4) is 0 Å². The highest BCUT2D eigenvalue weighted by atomic mass is 16.1. The predicted molar refractivity (Wildman–Crippen MR) is 77.5 cm³/mol. The first kappa shape index (κ1) is 14.1. The minimum atomic E-state index is 0.173. The summed E-state index contributed by atoms with van der Waals surface area (Å²) < 4.78 is 0. The minimum absolute atomic E-state index is 0.173. The molecule has 0 saturated heterocycles. The van der Waals surface area contributed by atoms with Crippen LogP contribution >= 0.6 is 0 Å². The number of carbonyl (C=O) groups excluding carboxylic acids is 1. The van der Waals surface area contributed by atoms with Crippen molar-refractivity contribution >= 4 is 5.91 Å². The zero-order chi connectivity index (χ0) is 13.7. The number of carbonyl (C=O) groups is 1. The Morgan fingerprint density at radius 1 is 1.26 bits per heavy atom. The largest absolute Gasteiger partial charge is 0.352 e. The first-order chi connectivity index (χ1) is 9.22. The van der Waals surface area contributed by atoms with E-state index in [1.165, 1.54) is 16.7 Å². The highest BCUT2D eigenvalue weighted by Crippen LogP contribution is 2.17. The van der Waals surface area contributed by atoms with Gasteiger partial charge in [0, 0.05) is 26.1 Å². The van der Waals surface area contributed by atoms with Crippen LogP contribution in [0.25, 0.3) is 0 Å². The molecule has 1 aliphatic rings. The standard InChI is InChI=1S/C16H24N2O/c1-3-12(4-2)8-16(19)18-9-13-5-6-14-10-17-11-15(14)7-13/h5-7,12,17H,3-4,8-11H2,1-2H3,(H,18,19). The molecule has 19 heavy (non-hydrogen) atoms. The summed E-state index contributed by atoms with van der Waals surface area (Å²) in [5.41, 5.74) is 3.94. The van der Waals surface area contributed by atoms with E-state index in [0.717, 1.165) is 25.9 Å². The monoisotopic (exact) mass is 260 g/mol. The number of hydrogen-bond donors (Lipinski definition) is 2. The van der Waals surface area contributed by atoms with Crippen LogP contribution in [0.1, 0.15) is 49.8 Å². The molecule has 1 aromatic carbocycles. The van der Waals surface area contributed by atoms with Crippen molar-refractivity contribution in [1.29, 1.82) is 0 Å². The van der Waals surface area contributed by atoms with Gasteiger partial charge in [0.25, 0.3) is 0 Å². The number of benzene rings is 1. The first-order valence-electron chi connectivity index (χ1n) is 7.31. The first-order valence-corrected chi connectivity index (χ1v) is 7.31. The lowest BCUT2D eigenvalue weighted by atomic mass is 9.99. The molecule has 0 aromatic heterocycles. The van der Waals surface area contributed by atoms with Crippen molar-refractivity contribution < 1.29 is 4.79 Å². The average Bonchev–Trinajstić information content (AvgIpc) is 2.89. The number of fused-ring (bicyclic) bond motifs is 1. The molecular weight excluding hydrogens is 236 g/mol. The van der Waals surface area contributed by atoms with Crippen LogP contribution in [0, 0.1) is 5.92 Å². The van der Waals surface area contributed by atoms with E-state index in [-0.39, 0.29) is 5.91 Å². The SMILES string of the molecule is CCC(CC)CC(=O)NCc1ccc2c(c1)CNC2. The molecule has 0 unspecified atom stereocenters.